The van der Waals surface area contributed by atoms with Crippen LogP contribution in [-0.2, 0) is 10.0 Å². The molecule has 2 unspecified atom stereocenters. The minimum absolute atomic E-state index is 0.0671. The topological polar surface area (TPSA) is 63.4 Å². The van der Waals surface area contributed by atoms with E-state index in [0.717, 1.165) is 0 Å². The Balaban J connectivity index is 2.51. The van der Waals surface area contributed by atoms with Gasteiger partial charge in [-0.3, -0.25) is 0 Å². The minimum Gasteiger partial charge on any atom is -0.327 e. The number of halogens is 4. The van der Waals surface area contributed by atoms with Crippen molar-refractivity contribution in [3.63, 3.8) is 0 Å². The van der Waals surface area contributed by atoms with Crippen LogP contribution in [0.1, 0.15) is 18.4 Å². The van der Waals surface area contributed by atoms with Gasteiger partial charge in [0.15, 0.2) is 0 Å². The normalized spacial score (nSPS) is 24.5. The van der Waals surface area contributed by atoms with Crippen molar-refractivity contribution in [2.75, 3.05) is 6.54 Å². The standard InChI is InChI=1S/C13H16ClF3N2O2S/c1-8-3-2-4-10(12(8)14)22(20,21)19-7-9(18)5-6-11(19)13(15,16)17/h2-4,9,11H,5-7,18H2,1H3. The first kappa shape index (κ1) is 17.5. The summed E-state index contributed by atoms with van der Waals surface area (Å²) in [4.78, 5) is -0.322. The zero-order chi connectivity index (χ0) is 16.7. The summed E-state index contributed by atoms with van der Waals surface area (Å²) < 4.78 is 65.2. The summed E-state index contributed by atoms with van der Waals surface area (Å²) in [5.41, 5.74) is 6.15. The second kappa shape index (κ2) is 5.99. The van der Waals surface area contributed by atoms with Gasteiger partial charge in [0.1, 0.15) is 10.9 Å². The van der Waals surface area contributed by atoms with E-state index in [1.54, 1.807) is 13.0 Å². The van der Waals surface area contributed by atoms with Gasteiger partial charge in [-0.2, -0.15) is 17.5 Å². The molecule has 9 heteroatoms. The number of aryl methyl sites for hydroxylation is 1. The quantitative estimate of drug-likeness (QED) is 0.886. The van der Waals surface area contributed by atoms with Gasteiger partial charge in [-0.05, 0) is 31.4 Å². The molecule has 1 aromatic rings. The highest BCUT2D eigenvalue weighted by Crippen LogP contribution is 2.37. The Bertz CT molecular complexity index is 664. The van der Waals surface area contributed by atoms with Crippen LogP contribution in [0.15, 0.2) is 23.1 Å². The molecule has 0 aromatic heterocycles. The molecular weight excluding hydrogens is 341 g/mol. The summed E-state index contributed by atoms with van der Waals surface area (Å²) >= 11 is 5.98. The second-order valence-electron chi connectivity index (χ2n) is 5.36. The molecule has 0 radical (unpaired) electrons. The number of hydrogen-bond acceptors (Lipinski definition) is 3. The smallest absolute Gasteiger partial charge is 0.327 e. The van der Waals surface area contributed by atoms with Crippen molar-refractivity contribution in [3.8, 4) is 0 Å². The van der Waals surface area contributed by atoms with Crippen LogP contribution in [-0.4, -0.2) is 37.5 Å². The van der Waals surface area contributed by atoms with Gasteiger partial charge in [-0.1, -0.05) is 23.7 Å². The van der Waals surface area contributed by atoms with E-state index in [0.29, 0.717) is 9.87 Å². The molecular formula is C13H16ClF3N2O2S. The fraction of sp³-hybridized carbons (Fsp3) is 0.538. The van der Waals surface area contributed by atoms with E-state index in [1.807, 2.05) is 0 Å². The lowest BCUT2D eigenvalue weighted by atomic mass is 10.0. The third-order valence-corrected chi connectivity index (χ3v) is 6.22. The summed E-state index contributed by atoms with van der Waals surface area (Å²) in [6.45, 7) is 1.21. The molecule has 22 heavy (non-hydrogen) atoms. The van der Waals surface area contributed by atoms with Crippen molar-refractivity contribution in [2.24, 2.45) is 5.73 Å². The average molecular weight is 357 g/mol. The van der Waals surface area contributed by atoms with Crippen LogP contribution in [0.25, 0.3) is 0 Å². The molecule has 2 atom stereocenters. The lowest BCUT2D eigenvalue weighted by Crippen LogP contribution is -2.56. The predicted octanol–water partition coefficient (Wildman–Crippen LogP) is 2.69. The van der Waals surface area contributed by atoms with Gasteiger partial charge in [0.2, 0.25) is 10.0 Å². The van der Waals surface area contributed by atoms with Crippen LogP contribution < -0.4 is 5.73 Å². The number of hydrogen-bond donors (Lipinski definition) is 1. The van der Waals surface area contributed by atoms with Crippen LogP contribution in [0, 0.1) is 6.92 Å². The highest BCUT2D eigenvalue weighted by molar-refractivity contribution is 7.89. The van der Waals surface area contributed by atoms with Crippen LogP contribution in [0.2, 0.25) is 5.02 Å². The molecule has 0 spiro atoms. The maximum Gasteiger partial charge on any atom is 0.405 e. The van der Waals surface area contributed by atoms with Crippen molar-refractivity contribution in [3.05, 3.63) is 28.8 Å². The van der Waals surface area contributed by atoms with Crippen molar-refractivity contribution in [2.45, 2.75) is 42.9 Å². The van der Waals surface area contributed by atoms with Crippen LogP contribution in [0.4, 0.5) is 13.2 Å². The number of piperidine rings is 1. The molecule has 1 saturated heterocycles. The molecule has 1 aromatic carbocycles. The number of nitrogens with two attached hydrogens (primary N) is 1. The van der Waals surface area contributed by atoms with E-state index in [9.17, 15) is 21.6 Å². The van der Waals surface area contributed by atoms with E-state index >= 15 is 0 Å². The van der Waals surface area contributed by atoms with E-state index in [4.69, 9.17) is 17.3 Å². The highest BCUT2D eigenvalue weighted by atomic mass is 35.5. The molecule has 124 valence electrons. The predicted molar refractivity (Wildman–Crippen MR) is 77.1 cm³/mol. The number of rotatable bonds is 2. The number of sulfonamides is 1. The average Bonchev–Trinajstić information content (AvgIpc) is 2.40. The maximum atomic E-state index is 13.2. The second-order valence-corrected chi connectivity index (χ2v) is 7.59. The van der Waals surface area contributed by atoms with Crippen LogP contribution >= 0.6 is 11.6 Å². The summed E-state index contributed by atoms with van der Waals surface area (Å²) in [6.07, 6.45) is -4.88. The fourth-order valence-corrected chi connectivity index (χ4v) is 4.76. The highest BCUT2D eigenvalue weighted by Gasteiger charge is 2.50. The van der Waals surface area contributed by atoms with Crippen LogP contribution in [0.5, 0.6) is 0 Å². The maximum absolute atomic E-state index is 13.2. The van der Waals surface area contributed by atoms with E-state index in [1.165, 1.54) is 12.1 Å². The van der Waals surface area contributed by atoms with Gasteiger partial charge in [-0.15, -0.1) is 0 Å². The zero-order valence-electron chi connectivity index (χ0n) is 11.8. The summed E-state index contributed by atoms with van der Waals surface area (Å²) in [5, 5.41) is -0.0671. The van der Waals surface area contributed by atoms with Gasteiger partial charge in [0.05, 0.1) is 5.02 Å². The minimum atomic E-state index is -4.65. The van der Waals surface area contributed by atoms with Crippen molar-refractivity contribution >= 4 is 21.6 Å². The largest absolute Gasteiger partial charge is 0.405 e. The van der Waals surface area contributed by atoms with Gasteiger partial charge in [-0.25, -0.2) is 8.42 Å². The molecule has 1 aliphatic heterocycles. The van der Waals surface area contributed by atoms with Crippen molar-refractivity contribution < 1.29 is 21.6 Å². The van der Waals surface area contributed by atoms with Gasteiger partial charge >= 0.3 is 6.18 Å². The number of nitrogens with zero attached hydrogens (tertiary/aromatic N) is 1. The molecule has 0 saturated carbocycles. The Morgan fingerprint density at radius 2 is 1.95 bits per heavy atom. The lowest BCUT2D eigenvalue weighted by molar-refractivity contribution is -0.178. The molecule has 0 amide bonds. The molecule has 1 heterocycles. The van der Waals surface area contributed by atoms with Gasteiger partial charge in [0, 0.05) is 12.6 Å². The molecule has 2 N–H and O–H groups in total. The third-order valence-electron chi connectivity index (χ3n) is 3.69. The molecule has 1 aliphatic rings. The van der Waals surface area contributed by atoms with Crippen molar-refractivity contribution in [1.82, 2.24) is 4.31 Å². The molecule has 0 bridgehead atoms. The van der Waals surface area contributed by atoms with Crippen LogP contribution in [0.3, 0.4) is 0 Å². The first-order valence-electron chi connectivity index (χ1n) is 6.64. The number of benzene rings is 1. The molecule has 2 rings (SSSR count). The van der Waals surface area contributed by atoms with Gasteiger partial charge < -0.3 is 5.73 Å². The summed E-state index contributed by atoms with van der Waals surface area (Å²) in [5.74, 6) is 0. The summed E-state index contributed by atoms with van der Waals surface area (Å²) in [6, 6.07) is 1.54. The Morgan fingerprint density at radius 1 is 1.32 bits per heavy atom. The lowest BCUT2D eigenvalue weighted by Gasteiger charge is -2.38. The monoisotopic (exact) mass is 356 g/mol. The van der Waals surface area contributed by atoms with E-state index in [2.05, 4.69) is 0 Å². The Labute approximate surface area is 132 Å². The zero-order valence-corrected chi connectivity index (χ0v) is 13.3. The Morgan fingerprint density at radius 3 is 2.55 bits per heavy atom. The molecule has 4 nitrogen and oxygen atoms in total. The first-order chi connectivity index (χ1) is 10.0. The Hall–Kier alpha value is -0.830. The fourth-order valence-electron chi connectivity index (χ4n) is 2.50. The Kier molecular flexibility index (Phi) is 4.77. The van der Waals surface area contributed by atoms with E-state index in [-0.39, 0.29) is 29.3 Å². The number of alkyl halides is 3. The first-order valence-corrected chi connectivity index (χ1v) is 8.46. The summed E-state index contributed by atoms with van der Waals surface area (Å²) in [7, 11) is -4.38. The third kappa shape index (κ3) is 3.24. The van der Waals surface area contributed by atoms with Gasteiger partial charge in [0.25, 0.3) is 0 Å². The molecule has 1 fully saturated rings. The van der Waals surface area contributed by atoms with E-state index < -0.39 is 28.3 Å². The SMILES string of the molecule is Cc1cccc(S(=O)(=O)N2CC(N)CCC2C(F)(F)F)c1Cl. The molecule has 0 aliphatic carbocycles. The van der Waals surface area contributed by atoms with Crippen molar-refractivity contribution in [1.29, 1.82) is 0 Å².